The Kier molecular flexibility index (Phi) is 10.0. The molecule has 202 valence electrons. The summed E-state index contributed by atoms with van der Waals surface area (Å²) in [5, 5.41) is 9.44. The number of ether oxygens (including phenoxy) is 1. The van der Waals surface area contributed by atoms with Crippen LogP contribution in [0, 0.1) is 48.9 Å². The molecule has 1 unspecified atom stereocenters. The fourth-order valence-corrected chi connectivity index (χ4v) is 6.66. The van der Waals surface area contributed by atoms with Gasteiger partial charge in [-0.15, -0.1) is 0 Å². The Balaban J connectivity index is 1.90. The van der Waals surface area contributed by atoms with E-state index < -0.39 is 5.60 Å². The van der Waals surface area contributed by atoms with E-state index in [4.69, 9.17) is 9.72 Å². The van der Waals surface area contributed by atoms with Gasteiger partial charge >= 0.3 is 6.09 Å². The highest BCUT2D eigenvalue weighted by atomic mass is 79.9. The number of carbonyl (C=O) groups is 1. The number of pyridine rings is 1. The minimum absolute atomic E-state index is 0.188. The van der Waals surface area contributed by atoms with Gasteiger partial charge in [-0.3, -0.25) is 4.98 Å². The zero-order valence-electron chi connectivity index (χ0n) is 23.7. The number of carbonyl (C=O) groups excluding carboxylic acids is 1. The average Bonchev–Trinajstić information content (AvgIpc) is 2.81. The van der Waals surface area contributed by atoms with E-state index in [0.717, 1.165) is 42.3 Å². The topological polar surface area (TPSA) is 66.2 Å². The number of hydrogen-bond donors (Lipinski definition) is 0. The standard InChI is InChI=1S/C31H44BrN3O2/c1-20-14-26(12-9-13-35(19-20)30(36)37-31(5,6)7)28-22(3)18-34-23(4)29(28)27(32)15-21(2)25-11-8-10-24(16-25)17-33/h14-15,18,20-21,24-25H,8-13,16,19H2,1-7H3/b26-14-,27-15+/t20-,21?,24-,25+/m1/s1. The van der Waals surface area contributed by atoms with Crippen LogP contribution in [0.4, 0.5) is 4.79 Å². The third-order valence-corrected chi connectivity index (χ3v) is 8.25. The largest absolute Gasteiger partial charge is 0.444 e. The molecule has 0 saturated heterocycles. The zero-order valence-corrected chi connectivity index (χ0v) is 25.3. The van der Waals surface area contributed by atoms with Gasteiger partial charge in [0.15, 0.2) is 0 Å². The van der Waals surface area contributed by atoms with Crippen LogP contribution in [0.25, 0.3) is 10.1 Å². The highest BCUT2D eigenvalue weighted by molar-refractivity contribution is 9.15. The summed E-state index contributed by atoms with van der Waals surface area (Å²) in [5.41, 5.74) is 5.45. The third-order valence-electron chi connectivity index (χ3n) is 7.59. The monoisotopic (exact) mass is 569 g/mol. The number of halogens is 1. The molecule has 4 atom stereocenters. The Hall–Kier alpha value is -2.13. The Morgan fingerprint density at radius 3 is 2.70 bits per heavy atom. The van der Waals surface area contributed by atoms with E-state index >= 15 is 0 Å². The van der Waals surface area contributed by atoms with E-state index in [0.29, 0.717) is 24.9 Å². The van der Waals surface area contributed by atoms with Crippen LogP contribution in [0.2, 0.25) is 0 Å². The first-order valence-corrected chi connectivity index (χ1v) is 14.6. The van der Waals surface area contributed by atoms with Crippen molar-refractivity contribution in [3.8, 4) is 6.07 Å². The first-order chi connectivity index (χ1) is 17.4. The third kappa shape index (κ3) is 7.93. The molecule has 1 aliphatic carbocycles. The second kappa shape index (κ2) is 12.6. The van der Waals surface area contributed by atoms with Crippen molar-refractivity contribution in [1.82, 2.24) is 9.88 Å². The van der Waals surface area contributed by atoms with Crippen LogP contribution in [0.5, 0.6) is 0 Å². The number of aromatic nitrogens is 1. The molecular weight excluding hydrogens is 526 g/mol. The predicted octanol–water partition coefficient (Wildman–Crippen LogP) is 8.45. The number of rotatable bonds is 4. The summed E-state index contributed by atoms with van der Waals surface area (Å²) >= 11 is 3.95. The fourth-order valence-electron chi connectivity index (χ4n) is 5.76. The molecule has 1 fully saturated rings. The van der Waals surface area contributed by atoms with Crippen LogP contribution in [-0.2, 0) is 4.74 Å². The van der Waals surface area contributed by atoms with Gasteiger partial charge in [0, 0.05) is 40.9 Å². The Morgan fingerprint density at radius 2 is 2.03 bits per heavy atom. The summed E-state index contributed by atoms with van der Waals surface area (Å²) < 4.78 is 6.74. The summed E-state index contributed by atoms with van der Waals surface area (Å²) in [6.07, 6.45) is 12.6. The van der Waals surface area contributed by atoms with E-state index in [1.807, 2.05) is 31.9 Å². The molecule has 0 aromatic carbocycles. The number of nitriles is 1. The number of nitrogens with zero attached hydrogens (tertiary/aromatic N) is 3. The second-order valence-corrected chi connectivity index (χ2v) is 13.0. The first kappa shape index (κ1) is 29.4. The molecule has 3 rings (SSSR count). The molecule has 1 aromatic rings. The van der Waals surface area contributed by atoms with Crippen molar-refractivity contribution in [3.05, 3.63) is 40.7 Å². The molecular formula is C31H44BrN3O2. The summed E-state index contributed by atoms with van der Waals surface area (Å²) in [6, 6.07) is 2.50. The molecule has 2 aliphatic rings. The smallest absolute Gasteiger partial charge is 0.410 e. The molecule has 6 heteroatoms. The van der Waals surface area contributed by atoms with Gasteiger partial charge in [0.1, 0.15) is 5.60 Å². The molecule has 0 radical (unpaired) electrons. The second-order valence-electron chi connectivity index (χ2n) is 12.1. The van der Waals surface area contributed by atoms with E-state index in [1.54, 1.807) is 0 Å². The summed E-state index contributed by atoms with van der Waals surface area (Å²) in [6.45, 7) is 15.8. The highest BCUT2D eigenvalue weighted by Crippen LogP contribution is 2.40. The molecule has 0 spiro atoms. The summed E-state index contributed by atoms with van der Waals surface area (Å²) in [5.74, 6) is 1.31. The average molecular weight is 571 g/mol. The van der Waals surface area contributed by atoms with Crippen LogP contribution in [0.1, 0.15) is 95.5 Å². The van der Waals surface area contributed by atoms with Crippen molar-refractivity contribution < 1.29 is 9.53 Å². The number of aryl methyl sites for hydroxylation is 2. The number of allylic oxidation sites excluding steroid dienone is 2. The zero-order chi connectivity index (χ0) is 27.3. The lowest BCUT2D eigenvalue weighted by molar-refractivity contribution is 0.0231. The quantitative estimate of drug-likeness (QED) is 0.364. The van der Waals surface area contributed by atoms with Crippen LogP contribution in [0.3, 0.4) is 0 Å². The minimum atomic E-state index is -0.493. The van der Waals surface area contributed by atoms with E-state index in [9.17, 15) is 10.1 Å². The van der Waals surface area contributed by atoms with Crippen molar-refractivity contribution in [2.24, 2.45) is 23.7 Å². The summed E-state index contributed by atoms with van der Waals surface area (Å²) in [7, 11) is 0. The van der Waals surface area contributed by atoms with Gasteiger partial charge in [-0.1, -0.05) is 48.4 Å². The lowest BCUT2D eigenvalue weighted by Crippen LogP contribution is -2.40. The molecule has 1 aliphatic heterocycles. The van der Waals surface area contributed by atoms with Crippen molar-refractivity contribution in [2.45, 2.75) is 92.6 Å². The first-order valence-electron chi connectivity index (χ1n) is 13.8. The van der Waals surface area contributed by atoms with Gasteiger partial charge in [0.25, 0.3) is 0 Å². The van der Waals surface area contributed by atoms with E-state index in [2.05, 4.69) is 61.8 Å². The van der Waals surface area contributed by atoms with Crippen LogP contribution >= 0.6 is 15.9 Å². The maximum Gasteiger partial charge on any atom is 0.410 e. The number of amides is 1. The number of hydrogen-bond acceptors (Lipinski definition) is 4. The lowest BCUT2D eigenvalue weighted by Gasteiger charge is -2.31. The van der Waals surface area contributed by atoms with Gasteiger partial charge in [-0.2, -0.15) is 5.26 Å². The molecule has 1 saturated carbocycles. The molecule has 1 amide bonds. The lowest BCUT2D eigenvalue weighted by atomic mass is 9.76. The van der Waals surface area contributed by atoms with E-state index in [-0.39, 0.29) is 17.9 Å². The van der Waals surface area contributed by atoms with Gasteiger partial charge < -0.3 is 9.64 Å². The van der Waals surface area contributed by atoms with Gasteiger partial charge in [0.2, 0.25) is 0 Å². The van der Waals surface area contributed by atoms with Gasteiger partial charge in [-0.05, 0) is 101 Å². The molecule has 5 nitrogen and oxygen atoms in total. The van der Waals surface area contributed by atoms with E-state index in [1.165, 1.54) is 28.7 Å². The molecule has 0 N–H and O–H groups in total. The van der Waals surface area contributed by atoms with Crippen LogP contribution < -0.4 is 0 Å². The SMILES string of the molecule is Cc1cnc(C)c(/C(Br)=C\C(C)[C@H]2CCC[C@@H](C#N)C2)c1/C1=C\[C@@H](C)CN(C(=O)OC(C)(C)C)CCC1. The Bertz CT molecular complexity index is 1080. The Labute approximate surface area is 232 Å². The van der Waals surface area contributed by atoms with Crippen LogP contribution in [0.15, 0.2) is 18.3 Å². The van der Waals surface area contributed by atoms with Crippen LogP contribution in [-0.4, -0.2) is 34.7 Å². The maximum absolute atomic E-state index is 12.7. The van der Waals surface area contributed by atoms with Crippen molar-refractivity contribution in [3.63, 3.8) is 0 Å². The molecule has 2 heterocycles. The van der Waals surface area contributed by atoms with Gasteiger partial charge in [0.05, 0.1) is 6.07 Å². The maximum atomic E-state index is 12.7. The Morgan fingerprint density at radius 1 is 1.30 bits per heavy atom. The molecule has 0 bridgehead atoms. The van der Waals surface area contributed by atoms with Crippen molar-refractivity contribution >= 4 is 32.1 Å². The minimum Gasteiger partial charge on any atom is -0.444 e. The van der Waals surface area contributed by atoms with Crippen molar-refractivity contribution in [2.75, 3.05) is 13.1 Å². The van der Waals surface area contributed by atoms with Crippen molar-refractivity contribution in [1.29, 1.82) is 5.26 Å². The molecule has 37 heavy (non-hydrogen) atoms. The summed E-state index contributed by atoms with van der Waals surface area (Å²) in [4.78, 5) is 19.3. The molecule has 1 aromatic heterocycles. The van der Waals surface area contributed by atoms with Gasteiger partial charge in [-0.25, -0.2) is 4.79 Å². The normalized spacial score (nSPS) is 25.8. The highest BCUT2D eigenvalue weighted by Gasteiger charge is 2.28. The fraction of sp³-hybridized carbons (Fsp3) is 0.645. The predicted molar refractivity (Wildman–Crippen MR) is 155 cm³/mol.